The van der Waals surface area contributed by atoms with E-state index in [0.717, 1.165) is 17.8 Å². The van der Waals surface area contributed by atoms with E-state index in [2.05, 4.69) is 4.74 Å². The van der Waals surface area contributed by atoms with Crippen LogP contribution in [0.15, 0.2) is 29.2 Å². The molecule has 0 unspecified atom stereocenters. The SMILES string of the molecule is CCOC(=O)C(=O)CC=C(SC)C(=O)c1ccc(O)c(O)c1. The van der Waals surface area contributed by atoms with Crippen LogP contribution >= 0.6 is 11.8 Å². The molecular weight excluding hydrogens is 308 g/mol. The second-order valence-electron chi connectivity index (χ2n) is 4.15. The molecule has 22 heavy (non-hydrogen) atoms. The van der Waals surface area contributed by atoms with Gasteiger partial charge in [-0.05, 0) is 31.4 Å². The molecule has 1 aromatic rings. The van der Waals surface area contributed by atoms with Crippen molar-refractivity contribution in [1.29, 1.82) is 0 Å². The Morgan fingerprint density at radius 1 is 1.23 bits per heavy atom. The molecule has 0 spiro atoms. The van der Waals surface area contributed by atoms with Gasteiger partial charge >= 0.3 is 5.97 Å². The summed E-state index contributed by atoms with van der Waals surface area (Å²) in [5.41, 5.74) is 0.166. The van der Waals surface area contributed by atoms with E-state index < -0.39 is 23.3 Å². The zero-order valence-electron chi connectivity index (χ0n) is 12.2. The highest BCUT2D eigenvalue weighted by molar-refractivity contribution is 8.03. The van der Waals surface area contributed by atoms with Gasteiger partial charge in [-0.1, -0.05) is 6.08 Å². The fourth-order valence-electron chi connectivity index (χ4n) is 1.56. The van der Waals surface area contributed by atoms with Crippen LogP contribution in [0.1, 0.15) is 23.7 Å². The minimum Gasteiger partial charge on any atom is -0.504 e. The minimum absolute atomic E-state index is 0.107. The molecule has 0 aliphatic heterocycles. The summed E-state index contributed by atoms with van der Waals surface area (Å²) in [6.45, 7) is 1.70. The molecule has 0 aromatic heterocycles. The van der Waals surface area contributed by atoms with Crippen LogP contribution in [0.2, 0.25) is 0 Å². The predicted molar refractivity (Wildman–Crippen MR) is 82.0 cm³/mol. The topological polar surface area (TPSA) is 101 Å². The van der Waals surface area contributed by atoms with Crippen LogP contribution in [0.3, 0.4) is 0 Å². The van der Waals surface area contributed by atoms with E-state index in [1.807, 2.05) is 0 Å². The molecule has 6 nitrogen and oxygen atoms in total. The maximum atomic E-state index is 12.2. The summed E-state index contributed by atoms with van der Waals surface area (Å²) in [5, 5.41) is 18.6. The Labute approximate surface area is 131 Å². The minimum atomic E-state index is -0.936. The first-order valence-corrected chi connectivity index (χ1v) is 7.64. The van der Waals surface area contributed by atoms with Gasteiger partial charge in [-0.2, -0.15) is 0 Å². The standard InChI is InChI=1S/C15H16O6S/c1-3-21-15(20)11(17)6-7-13(22-2)14(19)9-4-5-10(16)12(18)8-9/h4-5,7-8,16,18H,3,6H2,1-2H3. The fourth-order valence-corrected chi connectivity index (χ4v) is 2.11. The normalized spacial score (nSPS) is 11.1. The quantitative estimate of drug-likeness (QED) is 0.260. The van der Waals surface area contributed by atoms with Gasteiger partial charge in [0, 0.05) is 12.0 Å². The van der Waals surface area contributed by atoms with Crippen molar-refractivity contribution in [3.63, 3.8) is 0 Å². The molecule has 0 saturated heterocycles. The number of carbonyl (C=O) groups is 3. The number of Topliss-reactive ketones (excluding diaryl/α,β-unsaturated/α-hetero) is 2. The molecule has 0 atom stereocenters. The molecule has 1 rings (SSSR count). The number of hydrogen-bond donors (Lipinski definition) is 2. The van der Waals surface area contributed by atoms with Crippen molar-refractivity contribution in [2.45, 2.75) is 13.3 Å². The van der Waals surface area contributed by atoms with Gasteiger partial charge in [0.05, 0.1) is 11.5 Å². The summed E-state index contributed by atoms with van der Waals surface area (Å²) in [5.74, 6) is -2.83. The number of esters is 1. The van der Waals surface area contributed by atoms with Crippen LogP contribution < -0.4 is 0 Å². The smallest absolute Gasteiger partial charge is 0.374 e. The highest BCUT2D eigenvalue weighted by atomic mass is 32.2. The number of rotatable bonds is 7. The van der Waals surface area contributed by atoms with Gasteiger partial charge in [-0.15, -0.1) is 11.8 Å². The number of carbonyl (C=O) groups excluding carboxylic acids is 3. The van der Waals surface area contributed by atoms with E-state index in [1.54, 1.807) is 13.2 Å². The Kier molecular flexibility index (Phi) is 6.65. The first-order valence-electron chi connectivity index (χ1n) is 6.41. The van der Waals surface area contributed by atoms with Gasteiger partial charge < -0.3 is 14.9 Å². The van der Waals surface area contributed by atoms with Crippen LogP contribution in [0.4, 0.5) is 0 Å². The van der Waals surface area contributed by atoms with E-state index in [4.69, 9.17) is 0 Å². The molecule has 0 amide bonds. The van der Waals surface area contributed by atoms with Crippen molar-refractivity contribution in [3.8, 4) is 11.5 Å². The molecule has 1 aromatic carbocycles. The van der Waals surface area contributed by atoms with Crippen molar-refractivity contribution < 1.29 is 29.3 Å². The van der Waals surface area contributed by atoms with Crippen molar-refractivity contribution >= 4 is 29.3 Å². The van der Waals surface area contributed by atoms with E-state index >= 15 is 0 Å². The third kappa shape index (κ3) is 4.63. The Bertz CT molecular complexity index is 620. The average molecular weight is 324 g/mol. The van der Waals surface area contributed by atoms with Crippen LogP contribution in [0, 0.1) is 0 Å². The second kappa shape index (κ2) is 8.23. The number of ether oxygens (including phenoxy) is 1. The number of hydrogen-bond acceptors (Lipinski definition) is 7. The molecule has 2 N–H and O–H groups in total. The summed E-state index contributed by atoms with van der Waals surface area (Å²) in [6.07, 6.45) is 2.75. The number of aromatic hydroxyl groups is 2. The van der Waals surface area contributed by atoms with Gasteiger partial charge in [0.2, 0.25) is 5.78 Å². The maximum Gasteiger partial charge on any atom is 0.374 e. The lowest BCUT2D eigenvalue weighted by Crippen LogP contribution is -2.16. The summed E-state index contributed by atoms with van der Waals surface area (Å²) >= 11 is 1.11. The van der Waals surface area contributed by atoms with E-state index in [9.17, 15) is 24.6 Å². The number of allylic oxidation sites excluding steroid dienone is 2. The van der Waals surface area contributed by atoms with Crippen molar-refractivity contribution in [1.82, 2.24) is 0 Å². The lowest BCUT2D eigenvalue weighted by Gasteiger charge is -2.05. The predicted octanol–water partition coefficient (Wildman–Crippen LogP) is 2.05. The van der Waals surface area contributed by atoms with Gasteiger partial charge in [0.1, 0.15) is 0 Å². The van der Waals surface area contributed by atoms with Gasteiger partial charge in [-0.3, -0.25) is 9.59 Å². The monoisotopic (exact) mass is 324 g/mol. The molecule has 7 heteroatoms. The van der Waals surface area contributed by atoms with E-state index in [0.29, 0.717) is 0 Å². The Morgan fingerprint density at radius 3 is 2.45 bits per heavy atom. The number of benzene rings is 1. The molecule has 0 saturated carbocycles. The summed E-state index contributed by atoms with van der Waals surface area (Å²) in [4.78, 5) is 35.2. The van der Waals surface area contributed by atoms with Gasteiger partial charge in [0.25, 0.3) is 0 Å². The highest BCUT2D eigenvalue weighted by Crippen LogP contribution is 2.27. The Morgan fingerprint density at radius 2 is 1.91 bits per heavy atom. The van der Waals surface area contributed by atoms with Crippen molar-refractivity contribution in [2.75, 3.05) is 12.9 Å². The van der Waals surface area contributed by atoms with Crippen LogP contribution in [-0.2, 0) is 14.3 Å². The Balaban J connectivity index is 2.88. The number of phenols is 2. The van der Waals surface area contributed by atoms with Crippen LogP contribution in [0.5, 0.6) is 11.5 Å². The zero-order valence-corrected chi connectivity index (χ0v) is 13.0. The molecule has 0 bridgehead atoms. The number of ketones is 2. The summed E-state index contributed by atoms with van der Waals surface area (Å²) in [7, 11) is 0. The number of thioether (sulfide) groups is 1. The fraction of sp³-hybridized carbons (Fsp3) is 0.267. The third-order valence-electron chi connectivity index (χ3n) is 2.66. The third-order valence-corrected chi connectivity index (χ3v) is 3.45. The summed E-state index contributed by atoms with van der Waals surface area (Å²) < 4.78 is 4.57. The molecule has 0 aliphatic carbocycles. The summed E-state index contributed by atoms with van der Waals surface area (Å²) in [6, 6.07) is 3.69. The van der Waals surface area contributed by atoms with Crippen molar-refractivity contribution in [2.24, 2.45) is 0 Å². The number of phenolic OH excluding ortho intramolecular Hbond substituents is 2. The first-order chi connectivity index (χ1) is 10.4. The van der Waals surface area contributed by atoms with Gasteiger partial charge in [0.15, 0.2) is 17.3 Å². The molecule has 0 heterocycles. The van der Waals surface area contributed by atoms with E-state index in [1.165, 1.54) is 18.2 Å². The molecule has 0 fully saturated rings. The molecule has 0 radical (unpaired) electrons. The molecular formula is C15H16O6S. The van der Waals surface area contributed by atoms with E-state index in [-0.39, 0.29) is 29.2 Å². The lowest BCUT2D eigenvalue weighted by atomic mass is 10.1. The first kappa shape index (κ1) is 17.8. The maximum absolute atomic E-state index is 12.2. The molecule has 118 valence electrons. The van der Waals surface area contributed by atoms with Crippen LogP contribution in [-0.4, -0.2) is 40.6 Å². The van der Waals surface area contributed by atoms with Gasteiger partial charge in [-0.25, -0.2) is 4.79 Å². The zero-order chi connectivity index (χ0) is 16.7. The molecule has 0 aliphatic rings. The largest absolute Gasteiger partial charge is 0.504 e. The van der Waals surface area contributed by atoms with Crippen molar-refractivity contribution in [3.05, 3.63) is 34.7 Å². The average Bonchev–Trinajstić information content (AvgIpc) is 2.50. The Hall–Kier alpha value is -2.28. The second-order valence-corrected chi connectivity index (χ2v) is 5.00. The highest BCUT2D eigenvalue weighted by Gasteiger charge is 2.17. The van der Waals surface area contributed by atoms with Crippen LogP contribution in [0.25, 0.3) is 0 Å². The lowest BCUT2D eigenvalue weighted by molar-refractivity contribution is -0.153.